The van der Waals surface area contributed by atoms with Gasteiger partial charge in [-0.25, -0.2) is 9.97 Å². The Labute approximate surface area is 92.5 Å². The number of nitrogens with one attached hydrogen (secondary N) is 1. The van der Waals surface area contributed by atoms with Gasteiger partial charge in [0.2, 0.25) is 0 Å². The molecule has 1 N–H and O–H groups in total. The topological polar surface area (TPSA) is 37.8 Å². The smallest absolute Gasteiger partial charge is 0.144 e. The molecule has 4 heteroatoms. The summed E-state index contributed by atoms with van der Waals surface area (Å²) in [6.07, 6.45) is 5.29. The van der Waals surface area contributed by atoms with Gasteiger partial charge in [0, 0.05) is 12.5 Å². The van der Waals surface area contributed by atoms with E-state index in [-0.39, 0.29) is 0 Å². The molecule has 14 heavy (non-hydrogen) atoms. The fraction of sp³-hybridized carbons (Fsp3) is 0.600. The van der Waals surface area contributed by atoms with Crippen LogP contribution in [0.25, 0.3) is 0 Å². The standard InChI is InChI=1S/C10H14BrN3/c1-2-5-12-10-8(11)9(7-3-4-7)13-6-14-10/h6-7H,2-5H2,1H3,(H,12,13,14). The van der Waals surface area contributed by atoms with E-state index in [4.69, 9.17) is 0 Å². The quantitative estimate of drug-likeness (QED) is 0.899. The van der Waals surface area contributed by atoms with E-state index in [1.165, 1.54) is 18.5 Å². The summed E-state index contributed by atoms with van der Waals surface area (Å²) in [6, 6.07) is 0. The number of halogens is 1. The Morgan fingerprint density at radius 2 is 2.29 bits per heavy atom. The first-order chi connectivity index (χ1) is 6.83. The first kappa shape index (κ1) is 9.90. The highest BCUT2D eigenvalue weighted by molar-refractivity contribution is 9.10. The molecule has 0 amide bonds. The molecule has 1 aliphatic carbocycles. The molecule has 0 aromatic carbocycles. The van der Waals surface area contributed by atoms with Crippen molar-refractivity contribution in [3.05, 3.63) is 16.5 Å². The second-order valence-corrected chi connectivity index (χ2v) is 4.42. The van der Waals surface area contributed by atoms with Crippen molar-refractivity contribution in [1.29, 1.82) is 0 Å². The van der Waals surface area contributed by atoms with E-state index in [0.717, 1.165) is 23.3 Å². The van der Waals surface area contributed by atoms with Crippen molar-refractivity contribution in [1.82, 2.24) is 9.97 Å². The monoisotopic (exact) mass is 255 g/mol. The maximum atomic E-state index is 4.31. The average Bonchev–Trinajstić information content (AvgIpc) is 3.00. The number of nitrogens with zero attached hydrogens (tertiary/aromatic N) is 2. The maximum absolute atomic E-state index is 4.31. The Bertz CT molecular complexity index is 323. The molecular weight excluding hydrogens is 242 g/mol. The van der Waals surface area contributed by atoms with Crippen LogP contribution in [0.4, 0.5) is 5.82 Å². The summed E-state index contributed by atoms with van der Waals surface area (Å²) in [4.78, 5) is 8.53. The van der Waals surface area contributed by atoms with Gasteiger partial charge in [-0.2, -0.15) is 0 Å². The normalized spacial score (nSPS) is 15.6. The highest BCUT2D eigenvalue weighted by atomic mass is 79.9. The summed E-state index contributed by atoms with van der Waals surface area (Å²) >= 11 is 3.56. The molecule has 3 nitrogen and oxygen atoms in total. The minimum absolute atomic E-state index is 0.662. The zero-order valence-corrected chi connectivity index (χ0v) is 9.84. The summed E-state index contributed by atoms with van der Waals surface area (Å²) in [7, 11) is 0. The number of hydrogen-bond acceptors (Lipinski definition) is 3. The van der Waals surface area contributed by atoms with Gasteiger partial charge in [0.15, 0.2) is 0 Å². The van der Waals surface area contributed by atoms with E-state index in [9.17, 15) is 0 Å². The fourth-order valence-corrected chi connectivity index (χ4v) is 2.06. The van der Waals surface area contributed by atoms with Crippen LogP contribution < -0.4 is 5.32 Å². The zero-order valence-electron chi connectivity index (χ0n) is 8.26. The van der Waals surface area contributed by atoms with Crippen LogP contribution in [0.5, 0.6) is 0 Å². The van der Waals surface area contributed by atoms with Gasteiger partial charge >= 0.3 is 0 Å². The predicted octanol–water partition coefficient (Wildman–Crippen LogP) is 2.94. The van der Waals surface area contributed by atoms with Crippen molar-refractivity contribution in [3.63, 3.8) is 0 Å². The van der Waals surface area contributed by atoms with E-state index in [1.807, 2.05) is 0 Å². The largest absolute Gasteiger partial charge is 0.369 e. The fourth-order valence-electron chi connectivity index (χ4n) is 1.39. The van der Waals surface area contributed by atoms with Crippen molar-refractivity contribution < 1.29 is 0 Å². The number of aromatic nitrogens is 2. The van der Waals surface area contributed by atoms with Gasteiger partial charge in [0.25, 0.3) is 0 Å². The Morgan fingerprint density at radius 1 is 1.50 bits per heavy atom. The van der Waals surface area contributed by atoms with Crippen LogP contribution in [-0.2, 0) is 0 Å². The molecule has 0 spiro atoms. The van der Waals surface area contributed by atoms with Gasteiger partial charge in [0.05, 0.1) is 10.2 Å². The van der Waals surface area contributed by atoms with Gasteiger partial charge in [-0.05, 0) is 35.2 Å². The molecule has 0 unspecified atom stereocenters. The molecular formula is C10H14BrN3. The van der Waals surface area contributed by atoms with Crippen LogP contribution in [0.2, 0.25) is 0 Å². The van der Waals surface area contributed by atoms with Crippen LogP contribution in [-0.4, -0.2) is 16.5 Å². The molecule has 0 radical (unpaired) electrons. The first-order valence-corrected chi connectivity index (χ1v) is 5.86. The molecule has 1 saturated carbocycles. The minimum Gasteiger partial charge on any atom is -0.369 e. The van der Waals surface area contributed by atoms with Crippen molar-refractivity contribution in [3.8, 4) is 0 Å². The van der Waals surface area contributed by atoms with Crippen molar-refractivity contribution in [2.75, 3.05) is 11.9 Å². The Morgan fingerprint density at radius 3 is 2.93 bits per heavy atom. The molecule has 1 heterocycles. The lowest BCUT2D eigenvalue weighted by atomic mass is 10.3. The summed E-state index contributed by atoms with van der Waals surface area (Å²) in [6.45, 7) is 3.10. The Kier molecular flexibility index (Phi) is 3.01. The van der Waals surface area contributed by atoms with Gasteiger partial charge in [-0.3, -0.25) is 0 Å². The highest BCUT2D eigenvalue weighted by Crippen LogP contribution is 2.43. The second kappa shape index (κ2) is 4.26. The average molecular weight is 256 g/mol. The number of anilines is 1. The zero-order chi connectivity index (χ0) is 9.97. The molecule has 1 aromatic rings. The van der Waals surface area contributed by atoms with Crippen LogP contribution in [0.15, 0.2) is 10.8 Å². The summed E-state index contributed by atoms with van der Waals surface area (Å²) in [5.41, 5.74) is 1.17. The minimum atomic E-state index is 0.662. The molecule has 2 rings (SSSR count). The number of rotatable bonds is 4. The van der Waals surface area contributed by atoms with Crippen molar-refractivity contribution in [2.24, 2.45) is 0 Å². The maximum Gasteiger partial charge on any atom is 0.144 e. The third-order valence-corrected chi connectivity index (χ3v) is 3.10. The van der Waals surface area contributed by atoms with Gasteiger partial charge in [-0.15, -0.1) is 0 Å². The lowest BCUT2D eigenvalue weighted by Gasteiger charge is -2.08. The molecule has 1 aromatic heterocycles. The molecule has 0 bridgehead atoms. The third kappa shape index (κ3) is 2.05. The SMILES string of the molecule is CCCNc1ncnc(C2CC2)c1Br. The first-order valence-electron chi connectivity index (χ1n) is 5.07. The highest BCUT2D eigenvalue weighted by Gasteiger charge is 2.28. The van der Waals surface area contributed by atoms with Crippen LogP contribution >= 0.6 is 15.9 Å². The molecule has 1 fully saturated rings. The molecule has 1 aliphatic rings. The predicted molar refractivity (Wildman–Crippen MR) is 60.5 cm³/mol. The lowest BCUT2D eigenvalue weighted by Crippen LogP contribution is -2.04. The van der Waals surface area contributed by atoms with Crippen LogP contribution in [0.1, 0.15) is 37.8 Å². The van der Waals surface area contributed by atoms with E-state index in [2.05, 4.69) is 38.1 Å². The van der Waals surface area contributed by atoms with E-state index >= 15 is 0 Å². The van der Waals surface area contributed by atoms with Crippen LogP contribution in [0, 0.1) is 0 Å². The number of hydrogen-bond donors (Lipinski definition) is 1. The van der Waals surface area contributed by atoms with E-state index in [0.29, 0.717) is 5.92 Å². The molecule has 0 atom stereocenters. The van der Waals surface area contributed by atoms with Crippen molar-refractivity contribution in [2.45, 2.75) is 32.1 Å². The van der Waals surface area contributed by atoms with Gasteiger partial charge in [0.1, 0.15) is 12.1 Å². The summed E-state index contributed by atoms with van der Waals surface area (Å²) in [5.74, 6) is 1.60. The third-order valence-electron chi connectivity index (χ3n) is 2.32. The molecule has 0 saturated heterocycles. The van der Waals surface area contributed by atoms with E-state index in [1.54, 1.807) is 6.33 Å². The summed E-state index contributed by atoms with van der Waals surface area (Å²) < 4.78 is 1.05. The van der Waals surface area contributed by atoms with Gasteiger partial charge in [-0.1, -0.05) is 6.92 Å². The van der Waals surface area contributed by atoms with E-state index < -0.39 is 0 Å². The van der Waals surface area contributed by atoms with Crippen molar-refractivity contribution >= 4 is 21.7 Å². The Hall–Kier alpha value is -0.640. The van der Waals surface area contributed by atoms with Crippen LogP contribution in [0.3, 0.4) is 0 Å². The molecule has 0 aliphatic heterocycles. The van der Waals surface area contributed by atoms with Gasteiger partial charge < -0.3 is 5.32 Å². The lowest BCUT2D eigenvalue weighted by molar-refractivity contribution is 0.936. The second-order valence-electron chi connectivity index (χ2n) is 3.62. The molecule has 76 valence electrons. The summed E-state index contributed by atoms with van der Waals surface area (Å²) in [5, 5.41) is 3.29. The Balaban J connectivity index is 2.18.